The van der Waals surface area contributed by atoms with Crippen molar-refractivity contribution < 1.29 is 4.74 Å². The molecule has 1 aromatic carbocycles. The van der Waals surface area contributed by atoms with Crippen molar-refractivity contribution in [1.82, 2.24) is 20.2 Å². The lowest BCUT2D eigenvalue weighted by Gasteiger charge is -2.10. The molecule has 30 heavy (non-hydrogen) atoms. The Hall–Kier alpha value is -2.43. The van der Waals surface area contributed by atoms with Crippen LogP contribution in [0.4, 0.5) is 16.6 Å². The van der Waals surface area contributed by atoms with E-state index in [2.05, 4.69) is 20.5 Å². The number of nitrogens with one attached hydrogen (secondary N) is 1. The fourth-order valence-electron chi connectivity index (χ4n) is 3.57. The topological polar surface area (TPSA) is 98.8 Å². The van der Waals surface area contributed by atoms with Gasteiger partial charge in [-0.05, 0) is 43.4 Å². The van der Waals surface area contributed by atoms with Gasteiger partial charge in [0.2, 0.25) is 5.13 Å². The quantitative estimate of drug-likeness (QED) is 0.389. The zero-order chi connectivity index (χ0) is 20.5. The predicted octanol–water partition coefficient (Wildman–Crippen LogP) is 5.05. The van der Waals surface area contributed by atoms with Crippen LogP contribution in [0.25, 0.3) is 10.2 Å². The van der Waals surface area contributed by atoms with Gasteiger partial charge in [0.1, 0.15) is 22.2 Å². The van der Waals surface area contributed by atoms with E-state index in [9.17, 15) is 0 Å². The highest BCUT2D eigenvalue weighted by Gasteiger charge is 2.20. The van der Waals surface area contributed by atoms with Crippen molar-refractivity contribution in [2.75, 3.05) is 18.2 Å². The van der Waals surface area contributed by atoms with Crippen LogP contribution in [0.2, 0.25) is 0 Å². The van der Waals surface area contributed by atoms with Crippen LogP contribution < -0.4 is 15.8 Å². The van der Waals surface area contributed by atoms with Gasteiger partial charge in [-0.2, -0.15) is 0 Å². The summed E-state index contributed by atoms with van der Waals surface area (Å²) in [5.41, 5.74) is 8.59. The van der Waals surface area contributed by atoms with Crippen molar-refractivity contribution in [3.8, 4) is 5.75 Å². The summed E-state index contributed by atoms with van der Waals surface area (Å²) in [5.74, 6) is 2.74. The van der Waals surface area contributed by atoms with Crippen LogP contribution in [0.15, 0.2) is 28.6 Å². The summed E-state index contributed by atoms with van der Waals surface area (Å²) in [6, 6.07) is 7.71. The average Bonchev–Trinajstić information content (AvgIpc) is 3.36. The number of thioether (sulfide) groups is 1. The molecule has 3 aromatic heterocycles. The van der Waals surface area contributed by atoms with Crippen LogP contribution in [0.5, 0.6) is 5.75 Å². The zero-order valence-corrected chi connectivity index (χ0v) is 18.8. The minimum Gasteiger partial charge on any atom is -0.497 e. The van der Waals surface area contributed by atoms with Crippen molar-refractivity contribution in [2.45, 2.75) is 35.8 Å². The van der Waals surface area contributed by atoms with E-state index in [4.69, 9.17) is 15.5 Å². The molecule has 0 amide bonds. The lowest BCUT2D eigenvalue weighted by atomic mass is 9.97. The number of anilines is 3. The summed E-state index contributed by atoms with van der Waals surface area (Å²) in [7, 11) is 1.65. The Morgan fingerprint density at radius 1 is 1.17 bits per heavy atom. The number of thiophene rings is 1. The van der Waals surface area contributed by atoms with Crippen molar-refractivity contribution in [2.24, 2.45) is 0 Å². The van der Waals surface area contributed by atoms with Crippen molar-refractivity contribution in [3.05, 3.63) is 40.5 Å². The van der Waals surface area contributed by atoms with Crippen molar-refractivity contribution in [3.63, 3.8) is 0 Å². The smallest absolute Gasteiger partial charge is 0.210 e. The number of hydrogen-bond acceptors (Lipinski definition) is 10. The van der Waals surface area contributed by atoms with Crippen LogP contribution in [0, 0.1) is 0 Å². The third kappa shape index (κ3) is 3.94. The molecule has 0 unspecified atom stereocenters. The van der Waals surface area contributed by atoms with Gasteiger partial charge in [-0.25, -0.2) is 9.97 Å². The fourth-order valence-corrected chi connectivity index (χ4v) is 6.48. The maximum absolute atomic E-state index is 6.31. The van der Waals surface area contributed by atoms with Crippen LogP contribution in [-0.4, -0.2) is 27.3 Å². The fraction of sp³-hybridized carbons (Fsp3) is 0.300. The number of fused-ring (bicyclic) bond motifs is 3. The van der Waals surface area contributed by atoms with Gasteiger partial charge in [0.15, 0.2) is 4.34 Å². The van der Waals surface area contributed by atoms with Crippen molar-refractivity contribution in [1.29, 1.82) is 0 Å². The predicted molar refractivity (Wildman–Crippen MR) is 124 cm³/mol. The van der Waals surface area contributed by atoms with E-state index in [1.807, 2.05) is 24.3 Å². The molecule has 0 atom stereocenters. The van der Waals surface area contributed by atoms with E-state index in [1.54, 1.807) is 30.2 Å². The van der Waals surface area contributed by atoms with Crippen LogP contribution in [-0.2, 0) is 18.6 Å². The molecule has 0 radical (unpaired) electrons. The molecule has 0 fully saturated rings. The molecule has 3 N–H and O–H groups in total. The number of aryl methyl sites for hydroxylation is 2. The molecule has 0 spiro atoms. The molecule has 0 bridgehead atoms. The summed E-state index contributed by atoms with van der Waals surface area (Å²) in [6.45, 7) is 0. The number of rotatable bonds is 6. The first kappa shape index (κ1) is 19.5. The second kappa shape index (κ2) is 8.37. The molecule has 154 valence electrons. The van der Waals surface area contributed by atoms with E-state index < -0.39 is 0 Å². The third-order valence-corrected chi connectivity index (χ3v) is 8.09. The highest BCUT2D eigenvalue weighted by molar-refractivity contribution is 8.00. The Labute approximate surface area is 186 Å². The number of aromatic nitrogens is 4. The maximum Gasteiger partial charge on any atom is 0.210 e. The number of hydrogen-bond donors (Lipinski definition) is 2. The van der Waals surface area contributed by atoms with Crippen LogP contribution in [0.1, 0.15) is 29.1 Å². The first-order valence-electron chi connectivity index (χ1n) is 9.63. The minimum absolute atomic E-state index is 0.604. The molecule has 4 aromatic rings. The van der Waals surface area contributed by atoms with Crippen molar-refractivity contribution >= 4 is 61.3 Å². The van der Waals surface area contributed by atoms with E-state index in [1.165, 1.54) is 34.6 Å². The number of benzene rings is 1. The summed E-state index contributed by atoms with van der Waals surface area (Å²) in [6.07, 6.45) is 4.69. The Bertz CT molecular complexity index is 1200. The molecule has 0 saturated carbocycles. The van der Waals surface area contributed by atoms with Gasteiger partial charge in [0.05, 0.1) is 18.2 Å². The van der Waals surface area contributed by atoms with Gasteiger partial charge < -0.3 is 15.8 Å². The summed E-state index contributed by atoms with van der Waals surface area (Å²) in [5, 5.41) is 13.5. The highest BCUT2D eigenvalue weighted by Crippen LogP contribution is 2.38. The molecule has 1 aliphatic carbocycles. The van der Waals surface area contributed by atoms with E-state index in [0.717, 1.165) is 49.8 Å². The number of nitrogen functional groups attached to an aromatic ring is 1. The Balaban J connectivity index is 1.29. The first-order chi connectivity index (χ1) is 14.7. The molecule has 1 aliphatic rings. The Morgan fingerprint density at radius 2 is 2.07 bits per heavy atom. The first-order valence-corrected chi connectivity index (χ1v) is 12.3. The van der Waals surface area contributed by atoms with Gasteiger partial charge in [-0.3, -0.25) is 0 Å². The van der Waals surface area contributed by atoms with E-state index >= 15 is 0 Å². The maximum atomic E-state index is 6.31. The van der Waals surface area contributed by atoms with Gasteiger partial charge in [0.25, 0.3) is 0 Å². The van der Waals surface area contributed by atoms with Gasteiger partial charge in [0, 0.05) is 16.6 Å². The molecular weight excluding hydrogens is 436 g/mol. The molecular formula is C20H20N6OS3. The molecule has 5 rings (SSSR count). The summed E-state index contributed by atoms with van der Waals surface area (Å²) < 4.78 is 6.11. The van der Waals surface area contributed by atoms with Crippen LogP contribution >= 0.6 is 34.4 Å². The van der Waals surface area contributed by atoms with E-state index in [-0.39, 0.29) is 0 Å². The monoisotopic (exact) mass is 456 g/mol. The van der Waals surface area contributed by atoms with E-state index in [0.29, 0.717) is 11.6 Å². The Kier molecular flexibility index (Phi) is 5.45. The summed E-state index contributed by atoms with van der Waals surface area (Å²) >= 11 is 4.84. The zero-order valence-electron chi connectivity index (χ0n) is 16.3. The van der Waals surface area contributed by atoms with Crippen LogP contribution in [0.3, 0.4) is 0 Å². The molecule has 7 nitrogen and oxygen atoms in total. The summed E-state index contributed by atoms with van der Waals surface area (Å²) in [4.78, 5) is 11.8. The number of methoxy groups -OCH3 is 1. The minimum atomic E-state index is 0.604. The molecule has 0 saturated heterocycles. The van der Waals surface area contributed by atoms with Gasteiger partial charge in [-0.1, -0.05) is 29.2 Å². The SMILES string of the molecule is COc1cccc(Nc2nnc(SCc3nc(N)c4c5c(sc4n3)CCCC5)s2)c1. The molecule has 10 heteroatoms. The average molecular weight is 457 g/mol. The Morgan fingerprint density at radius 3 is 2.97 bits per heavy atom. The normalized spacial score (nSPS) is 13.4. The van der Waals surface area contributed by atoms with Gasteiger partial charge in [-0.15, -0.1) is 21.5 Å². The highest BCUT2D eigenvalue weighted by atomic mass is 32.2. The lowest BCUT2D eigenvalue weighted by Crippen LogP contribution is -2.02. The molecule has 0 aliphatic heterocycles. The second-order valence-corrected chi connectivity index (χ2v) is 10.2. The van der Waals surface area contributed by atoms with Gasteiger partial charge >= 0.3 is 0 Å². The number of nitrogens with zero attached hydrogens (tertiary/aromatic N) is 4. The third-order valence-electron chi connectivity index (χ3n) is 4.94. The number of ether oxygens (including phenoxy) is 1. The molecule has 3 heterocycles. The lowest BCUT2D eigenvalue weighted by molar-refractivity contribution is 0.415. The number of nitrogens with two attached hydrogens (primary N) is 1. The largest absolute Gasteiger partial charge is 0.497 e. The second-order valence-electron chi connectivity index (χ2n) is 6.93. The standard InChI is InChI=1S/C20H20N6OS3/c1-27-12-6-4-5-11(9-12)22-19-25-26-20(30-19)28-10-15-23-17(21)16-13-7-2-3-8-14(13)29-18(16)24-15/h4-6,9H,2-3,7-8,10H2,1H3,(H,22,25)(H2,21,23,24).